The number of hydrogen-bond acceptors (Lipinski definition) is 2. The molecule has 0 saturated carbocycles. The fraction of sp³-hybridized carbons (Fsp3) is 0.321. The molecule has 2 nitrogen and oxygen atoms in total. The van der Waals surface area contributed by atoms with Gasteiger partial charge in [-0.3, -0.25) is 0 Å². The van der Waals surface area contributed by atoms with Crippen molar-refractivity contribution >= 4 is 35.5 Å². The molecule has 0 atom stereocenters. The van der Waals surface area contributed by atoms with Crippen LogP contribution in [0.1, 0.15) is 58.3 Å². The SMILES string of the molecule is CCCCCCCCCC(=O)[O][Sn]([c]1ccccc1)([c]1ccccc1)[c]1ccccc1. The Morgan fingerprint density at radius 1 is 0.613 bits per heavy atom. The van der Waals surface area contributed by atoms with Gasteiger partial charge in [-0.1, -0.05) is 0 Å². The van der Waals surface area contributed by atoms with Gasteiger partial charge in [-0.2, -0.15) is 0 Å². The van der Waals surface area contributed by atoms with E-state index in [9.17, 15) is 4.79 Å². The molecule has 0 saturated heterocycles. The van der Waals surface area contributed by atoms with E-state index < -0.39 is 18.8 Å². The van der Waals surface area contributed by atoms with Crippen LogP contribution in [-0.2, 0) is 7.87 Å². The maximum atomic E-state index is 13.1. The first kappa shape index (κ1) is 23.6. The normalized spacial score (nSPS) is 11.3. The van der Waals surface area contributed by atoms with Crippen LogP contribution in [0.2, 0.25) is 0 Å². The molecule has 0 bridgehead atoms. The first-order chi connectivity index (χ1) is 15.3. The summed E-state index contributed by atoms with van der Waals surface area (Å²) < 4.78 is 10.1. The van der Waals surface area contributed by atoms with E-state index in [0.29, 0.717) is 6.42 Å². The Kier molecular flexibility index (Phi) is 9.67. The van der Waals surface area contributed by atoms with E-state index in [4.69, 9.17) is 3.07 Å². The predicted molar refractivity (Wildman–Crippen MR) is 133 cm³/mol. The van der Waals surface area contributed by atoms with Crippen LogP contribution in [0.15, 0.2) is 91.0 Å². The van der Waals surface area contributed by atoms with Crippen molar-refractivity contribution in [3.8, 4) is 0 Å². The topological polar surface area (TPSA) is 26.3 Å². The standard InChI is InChI=1S/C10H20O2.3C6H5.Sn/c1-2-3-4-5-6-7-8-9-10(11)12;3*1-2-4-6-5-3-1;/h2-9H2,1H3,(H,11,12);3*1-5H;/q;;;;+1/p-1. The third-order valence-electron chi connectivity index (χ3n) is 5.79. The Hall–Kier alpha value is -2.07. The third-order valence-corrected chi connectivity index (χ3v) is 17.1. The van der Waals surface area contributed by atoms with E-state index >= 15 is 0 Å². The second-order valence-corrected chi connectivity index (χ2v) is 17.5. The number of rotatable bonds is 12. The summed E-state index contributed by atoms with van der Waals surface area (Å²) in [5, 5.41) is 0. The summed E-state index contributed by atoms with van der Waals surface area (Å²) in [7, 11) is 0. The minimum absolute atomic E-state index is 0.0547. The van der Waals surface area contributed by atoms with Crippen LogP contribution in [-0.4, -0.2) is 24.8 Å². The molecule has 3 heteroatoms. The molecule has 0 fully saturated rings. The molecule has 3 rings (SSSR count). The molecule has 3 aromatic carbocycles. The summed E-state index contributed by atoms with van der Waals surface area (Å²) in [6.07, 6.45) is 8.86. The van der Waals surface area contributed by atoms with Gasteiger partial charge in [-0.25, -0.2) is 0 Å². The molecule has 0 amide bonds. The molecule has 0 spiro atoms. The van der Waals surface area contributed by atoms with Crippen molar-refractivity contribution in [2.24, 2.45) is 0 Å². The second-order valence-electron chi connectivity index (χ2n) is 8.12. The zero-order valence-electron chi connectivity index (χ0n) is 18.6. The maximum absolute atomic E-state index is 13.1. The van der Waals surface area contributed by atoms with Crippen LogP contribution in [0.4, 0.5) is 0 Å². The fourth-order valence-electron chi connectivity index (χ4n) is 4.14. The Balaban J connectivity index is 1.84. The molecule has 0 unspecified atom stereocenters. The van der Waals surface area contributed by atoms with Crippen LogP contribution in [0.5, 0.6) is 0 Å². The summed E-state index contributed by atoms with van der Waals surface area (Å²) in [5.41, 5.74) is 0. The van der Waals surface area contributed by atoms with Gasteiger partial charge in [-0.15, -0.1) is 0 Å². The van der Waals surface area contributed by atoms with Gasteiger partial charge >= 0.3 is 193 Å². The predicted octanol–water partition coefficient (Wildman–Crippen LogP) is 5.34. The summed E-state index contributed by atoms with van der Waals surface area (Å²) >= 11 is -3.93. The molecule has 0 radical (unpaired) electrons. The molecule has 0 aliphatic heterocycles. The second kappa shape index (κ2) is 12.7. The molecule has 0 aromatic heterocycles. The number of benzene rings is 3. The zero-order chi connectivity index (χ0) is 21.8. The van der Waals surface area contributed by atoms with Gasteiger partial charge in [0, 0.05) is 0 Å². The first-order valence-electron chi connectivity index (χ1n) is 11.7. The monoisotopic (exact) mass is 522 g/mol. The Morgan fingerprint density at radius 3 is 1.42 bits per heavy atom. The molecular weight excluding hydrogens is 487 g/mol. The van der Waals surface area contributed by atoms with E-state index in [1.54, 1.807) is 0 Å². The van der Waals surface area contributed by atoms with E-state index in [0.717, 1.165) is 12.8 Å². The quantitative estimate of drug-likeness (QED) is 0.238. The van der Waals surface area contributed by atoms with Crippen LogP contribution >= 0.6 is 0 Å². The van der Waals surface area contributed by atoms with E-state index in [2.05, 4.69) is 79.7 Å². The molecule has 3 aromatic rings. The molecule has 0 aliphatic carbocycles. The van der Waals surface area contributed by atoms with Crippen LogP contribution in [0, 0.1) is 0 Å². The van der Waals surface area contributed by atoms with Crippen molar-refractivity contribution in [3.05, 3.63) is 91.0 Å². The summed E-state index contributed by atoms with van der Waals surface area (Å²) in [6, 6.07) is 31.2. The minimum atomic E-state index is -3.93. The Labute approximate surface area is 192 Å². The number of carbonyl (C=O) groups is 1. The van der Waals surface area contributed by atoms with Gasteiger partial charge in [0.05, 0.1) is 0 Å². The molecule has 0 aliphatic rings. The Morgan fingerprint density at radius 2 is 1.00 bits per heavy atom. The first-order valence-corrected chi connectivity index (χ1v) is 17.1. The van der Waals surface area contributed by atoms with Crippen molar-refractivity contribution in [1.29, 1.82) is 0 Å². The molecule has 0 heterocycles. The van der Waals surface area contributed by atoms with E-state index in [1.165, 1.54) is 42.8 Å². The third kappa shape index (κ3) is 6.46. The van der Waals surface area contributed by atoms with Gasteiger partial charge in [0.25, 0.3) is 0 Å². The van der Waals surface area contributed by atoms with Crippen molar-refractivity contribution < 1.29 is 7.87 Å². The van der Waals surface area contributed by atoms with Gasteiger partial charge in [-0.05, 0) is 0 Å². The van der Waals surface area contributed by atoms with Crippen molar-refractivity contribution in [3.63, 3.8) is 0 Å². The summed E-state index contributed by atoms with van der Waals surface area (Å²) in [4.78, 5) is 13.1. The van der Waals surface area contributed by atoms with Crippen LogP contribution in [0.25, 0.3) is 0 Å². The zero-order valence-corrected chi connectivity index (χ0v) is 21.5. The van der Waals surface area contributed by atoms with Crippen molar-refractivity contribution in [2.45, 2.75) is 58.3 Å². The molecule has 162 valence electrons. The van der Waals surface area contributed by atoms with Crippen LogP contribution < -0.4 is 10.7 Å². The molecule has 0 N–H and O–H groups in total. The van der Waals surface area contributed by atoms with Gasteiger partial charge in [0.2, 0.25) is 0 Å². The summed E-state index contributed by atoms with van der Waals surface area (Å²) in [5.74, 6) is -0.0547. The Bertz CT molecular complexity index is 797. The molecular formula is C28H34O2Sn. The van der Waals surface area contributed by atoms with Crippen LogP contribution in [0.3, 0.4) is 0 Å². The fourth-order valence-corrected chi connectivity index (χ4v) is 14.9. The van der Waals surface area contributed by atoms with Crippen molar-refractivity contribution in [1.82, 2.24) is 0 Å². The molecule has 31 heavy (non-hydrogen) atoms. The average molecular weight is 521 g/mol. The average Bonchev–Trinajstić information content (AvgIpc) is 2.83. The van der Waals surface area contributed by atoms with E-state index in [1.807, 2.05) is 18.2 Å². The van der Waals surface area contributed by atoms with Crippen molar-refractivity contribution in [2.75, 3.05) is 0 Å². The van der Waals surface area contributed by atoms with Gasteiger partial charge in [0.15, 0.2) is 0 Å². The summed E-state index contributed by atoms with van der Waals surface area (Å²) in [6.45, 7) is 2.24. The van der Waals surface area contributed by atoms with Gasteiger partial charge in [0.1, 0.15) is 0 Å². The van der Waals surface area contributed by atoms with Gasteiger partial charge < -0.3 is 0 Å². The number of unbranched alkanes of at least 4 members (excludes halogenated alkanes) is 6. The number of carbonyl (C=O) groups excluding carboxylic acids is 1. The number of hydrogen-bond donors (Lipinski definition) is 0. The van der Waals surface area contributed by atoms with E-state index in [-0.39, 0.29) is 5.97 Å².